The van der Waals surface area contributed by atoms with Crippen LogP contribution in [0.2, 0.25) is 0 Å². The minimum Gasteiger partial charge on any atom is -0.346 e. The van der Waals surface area contributed by atoms with Crippen molar-refractivity contribution in [3.63, 3.8) is 0 Å². The number of anilines is 1. The Morgan fingerprint density at radius 2 is 1.71 bits per heavy atom. The predicted octanol–water partition coefficient (Wildman–Crippen LogP) is 4.76. The standard InChI is InChI=1S/C24H25FN2O3S/c1-16-12-13-17(2)21(14-16)18(3)26-24(28)19-8-7-9-20(15-19)31(29,30)27(4)23-11-6-5-10-22(23)25/h5-15,18H,1-4H3,(H,26,28)/t18-/m1/s1. The molecule has 0 fully saturated rings. The van der Waals surface area contributed by atoms with E-state index in [1.165, 1.54) is 43.4 Å². The van der Waals surface area contributed by atoms with Crippen molar-refractivity contribution in [3.8, 4) is 0 Å². The van der Waals surface area contributed by atoms with Gasteiger partial charge in [0.2, 0.25) is 0 Å². The molecule has 0 spiro atoms. The molecule has 1 N–H and O–H groups in total. The molecule has 3 aromatic rings. The van der Waals surface area contributed by atoms with Crippen molar-refractivity contribution in [2.75, 3.05) is 11.4 Å². The van der Waals surface area contributed by atoms with Crippen LogP contribution in [0.15, 0.2) is 71.6 Å². The Labute approximate surface area is 182 Å². The zero-order valence-corrected chi connectivity index (χ0v) is 18.7. The minimum atomic E-state index is -4.05. The van der Waals surface area contributed by atoms with Gasteiger partial charge in [0.15, 0.2) is 0 Å². The Morgan fingerprint density at radius 3 is 2.42 bits per heavy atom. The van der Waals surface area contributed by atoms with Crippen LogP contribution >= 0.6 is 0 Å². The van der Waals surface area contributed by atoms with Gasteiger partial charge >= 0.3 is 0 Å². The van der Waals surface area contributed by atoms with Crippen molar-refractivity contribution in [2.24, 2.45) is 0 Å². The number of nitrogens with zero attached hydrogens (tertiary/aromatic N) is 1. The summed E-state index contributed by atoms with van der Waals surface area (Å²) >= 11 is 0. The Bertz CT molecular complexity index is 1220. The molecular weight excluding hydrogens is 415 g/mol. The number of aryl methyl sites for hydroxylation is 2. The fraction of sp³-hybridized carbons (Fsp3) is 0.208. The molecule has 7 heteroatoms. The van der Waals surface area contributed by atoms with Gasteiger partial charge < -0.3 is 5.32 Å². The zero-order chi connectivity index (χ0) is 22.8. The van der Waals surface area contributed by atoms with Crippen molar-refractivity contribution in [3.05, 3.63) is 94.8 Å². The van der Waals surface area contributed by atoms with E-state index in [0.29, 0.717) is 0 Å². The Morgan fingerprint density at radius 1 is 1.00 bits per heavy atom. The number of halogens is 1. The molecule has 0 saturated heterocycles. The summed E-state index contributed by atoms with van der Waals surface area (Å²) in [5, 5.41) is 2.92. The summed E-state index contributed by atoms with van der Waals surface area (Å²) in [5.41, 5.74) is 3.28. The molecule has 0 heterocycles. The summed E-state index contributed by atoms with van der Waals surface area (Å²) in [5.74, 6) is -1.04. The Kier molecular flexibility index (Phi) is 6.45. The van der Waals surface area contributed by atoms with Crippen molar-refractivity contribution in [2.45, 2.75) is 31.7 Å². The maximum Gasteiger partial charge on any atom is 0.264 e. The lowest BCUT2D eigenvalue weighted by molar-refractivity contribution is 0.0939. The van der Waals surface area contributed by atoms with Gasteiger partial charge in [-0.05, 0) is 62.2 Å². The quantitative estimate of drug-likeness (QED) is 0.601. The number of carbonyl (C=O) groups excluding carboxylic acids is 1. The average molecular weight is 441 g/mol. The van der Waals surface area contributed by atoms with Crippen LogP contribution < -0.4 is 9.62 Å². The number of nitrogens with one attached hydrogen (secondary N) is 1. The van der Waals surface area contributed by atoms with Gasteiger partial charge in [-0.25, -0.2) is 12.8 Å². The van der Waals surface area contributed by atoms with Crippen molar-refractivity contribution in [1.82, 2.24) is 5.32 Å². The molecule has 0 radical (unpaired) electrons. The highest BCUT2D eigenvalue weighted by molar-refractivity contribution is 7.92. The SMILES string of the molecule is Cc1ccc(C)c([C@@H](C)NC(=O)c2cccc(S(=O)(=O)N(C)c3ccccc3F)c2)c1. The number of amides is 1. The highest BCUT2D eigenvalue weighted by Crippen LogP contribution is 2.25. The second kappa shape index (κ2) is 8.89. The van der Waals surface area contributed by atoms with Gasteiger partial charge in [-0.15, -0.1) is 0 Å². The third kappa shape index (κ3) is 4.77. The van der Waals surface area contributed by atoms with E-state index in [1.807, 2.05) is 39.0 Å². The first-order valence-electron chi connectivity index (χ1n) is 9.83. The van der Waals surface area contributed by atoms with Crippen LogP contribution in [0.4, 0.5) is 10.1 Å². The van der Waals surface area contributed by atoms with E-state index in [2.05, 4.69) is 5.32 Å². The predicted molar refractivity (Wildman–Crippen MR) is 120 cm³/mol. The van der Waals surface area contributed by atoms with E-state index in [1.54, 1.807) is 12.1 Å². The van der Waals surface area contributed by atoms with Gasteiger partial charge in [-0.1, -0.05) is 42.0 Å². The van der Waals surface area contributed by atoms with Crippen LogP contribution in [0.3, 0.4) is 0 Å². The third-order valence-electron chi connectivity index (χ3n) is 5.20. The second-order valence-electron chi connectivity index (χ2n) is 7.51. The average Bonchev–Trinajstić information content (AvgIpc) is 2.75. The van der Waals surface area contributed by atoms with Crippen LogP contribution in [-0.4, -0.2) is 21.4 Å². The number of benzene rings is 3. The monoisotopic (exact) mass is 440 g/mol. The Balaban J connectivity index is 1.86. The van der Waals surface area contributed by atoms with E-state index < -0.39 is 15.8 Å². The molecule has 0 aliphatic heterocycles. The molecule has 31 heavy (non-hydrogen) atoms. The molecule has 5 nitrogen and oxygen atoms in total. The lowest BCUT2D eigenvalue weighted by atomic mass is 10.00. The van der Waals surface area contributed by atoms with Crippen LogP contribution in [-0.2, 0) is 10.0 Å². The summed E-state index contributed by atoms with van der Waals surface area (Å²) in [6.07, 6.45) is 0. The molecule has 0 aliphatic carbocycles. The smallest absolute Gasteiger partial charge is 0.264 e. The van der Waals surface area contributed by atoms with Crippen molar-refractivity contribution >= 4 is 21.6 Å². The molecule has 1 atom stereocenters. The van der Waals surface area contributed by atoms with E-state index in [-0.39, 0.29) is 28.1 Å². The summed E-state index contributed by atoms with van der Waals surface area (Å²) in [4.78, 5) is 12.7. The van der Waals surface area contributed by atoms with Gasteiger partial charge in [0, 0.05) is 12.6 Å². The molecule has 162 valence electrons. The van der Waals surface area contributed by atoms with E-state index in [9.17, 15) is 17.6 Å². The van der Waals surface area contributed by atoms with Gasteiger partial charge in [0.1, 0.15) is 5.82 Å². The third-order valence-corrected chi connectivity index (χ3v) is 6.96. The van der Waals surface area contributed by atoms with Gasteiger partial charge in [0.25, 0.3) is 15.9 Å². The fourth-order valence-corrected chi connectivity index (χ4v) is 4.63. The van der Waals surface area contributed by atoms with Crippen LogP contribution in [0.1, 0.15) is 40.0 Å². The largest absolute Gasteiger partial charge is 0.346 e. The molecule has 0 aromatic heterocycles. The summed E-state index contributed by atoms with van der Waals surface area (Å²) in [6.45, 7) is 5.84. The number of rotatable bonds is 6. The van der Waals surface area contributed by atoms with E-state index >= 15 is 0 Å². The molecule has 3 rings (SSSR count). The van der Waals surface area contributed by atoms with Crippen LogP contribution in [0.5, 0.6) is 0 Å². The lowest BCUT2D eigenvalue weighted by Crippen LogP contribution is -2.29. The van der Waals surface area contributed by atoms with Crippen molar-refractivity contribution in [1.29, 1.82) is 0 Å². The summed E-state index contributed by atoms with van der Waals surface area (Å²) in [6, 6.07) is 17.1. The first-order valence-corrected chi connectivity index (χ1v) is 11.3. The molecule has 0 saturated carbocycles. The number of carbonyl (C=O) groups is 1. The van der Waals surface area contributed by atoms with Crippen LogP contribution in [0.25, 0.3) is 0 Å². The van der Waals surface area contributed by atoms with Gasteiger partial charge in [0.05, 0.1) is 16.6 Å². The first-order chi connectivity index (χ1) is 14.6. The summed E-state index contributed by atoms with van der Waals surface area (Å²) < 4.78 is 41.0. The second-order valence-corrected chi connectivity index (χ2v) is 9.48. The molecule has 3 aromatic carbocycles. The molecule has 0 aliphatic rings. The topological polar surface area (TPSA) is 66.5 Å². The fourth-order valence-electron chi connectivity index (χ4n) is 3.38. The highest BCUT2D eigenvalue weighted by atomic mass is 32.2. The number of sulfonamides is 1. The van der Waals surface area contributed by atoms with Crippen molar-refractivity contribution < 1.29 is 17.6 Å². The molecule has 0 bridgehead atoms. The number of para-hydroxylation sites is 1. The van der Waals surface area contributed by atoms with Crippen LogP contribution in [0, 0.1) is 19.7 Å². The van der Waals surface area contributed by atoms with E-state index in [4.69, 9.17) is 0 Å². The van der Waals surface area contributed by atoms with Gasteiger partial charge in [-0.3, -0.25) is 9.10 Å². The normalized spacial score (nSPS) is 12.3. The highest BCUT2D eigenvalue weighted by Gasteiger charge is 2.24. The molecular formula is C24H25FN2O3S. The number of hydrogen-bond donors (Lipinski definition) is 1. The number of hydrogen-bond acceptors (Lipinski definition) is 3. The summed E-state index contributed by atoms with van der Waals surface area (Å²) in [7, 11) is -2.77. The maximum absolute atomic E-state index is 14.1. The minimum absolute atomic E-state index is 0.0686. The first kappa shape index (κ1) is 22.5. The molecule has 1 amide bonds. The molecule has 0 unspecified atom stereocenters. The van der Waals surface area contributed by atoms with Gasteiger partial charge in [-0.2, -0.15) is 0 Å². The van der Waals surface area contributed by atoms with E-state index in [0.717, 1.165) is 21.0 Å². The lowest BCUT2D eigenvalue weighted by Gasteiger charge is -2.21. The Hall–Kier alpha value is -3.19. The maximum atomic E-state index is 14.1. The zero-order valence-electron chi connectivity index (χ0n) is 17.9.